The predicted octanol–water partition coefficient (Wildman–Crippen LogP) is 5.02. The van der Waals surface area contributed by atoms with Gasteiger partial charge < -0.3 is 51.3 Å². The molecule has 2 amide bonds. The van der Waals surface area contributed by atoms with Crippen LogP contribution >= 0.6 is 0 Å². The van der Waals surface area contributed by atoms with Crippen molar-refractivity contribution in [1.29, 1.82) is 0 Å². The zero-order chi connectivity index (χ0) is 53.3. The summed E-state index contributed by atoms with van der Waals surface area (Å²) in [5.41, 5.74) is 16.2. The number of benzene rings is 4. The van der Waals surface area contributed by atoms with Crippen molar-refractivity contribution in [2.75, 3.05) is 13.2 Å². The number of rotatable bonds is 27. The van der Waals surface area contributed by atoms with Crippen LogP contribution in [0.2, 0.25) is 0 Å². The van der Waals surface area contributed by atoms with Crippen molar-refractivity contribution in [3.05, 3.63) is 167 Å². The summed E-state index contributed by atoms with van der Waals surface area (Å²) in [5, 5.41) is 30.3. The molecule has 394 valence electrons. The molecule has 0 fully saturated rings. The van der Waals surface area contributed by atoms with E-state index in [1.165, 1.54) is 24.3 Å². The molecule has 2 aliphatic carbocycles. The lowest BCUT2D eigenvalue weighted by molar-refractivity contribution is -0.171. The molecule has 74 heavy (non-hydrogen) atoms. The second kappa shape index (κ2) is 27.6. The monoisotopic (exact) mass is 1010 g/mol. The van der Waals surface area contributed by atoms with Gasteiger partial charge in [0.25, 0.3) is 11.8 Å². The lowest BCUT2D eigenvalue weighted by Gasteiger charge is -2.33. The third-order valence-electron chi connectivity index (χ3n) is 14.1. The Balaban J connectivity index is 1.25. The molecule has 4 aromatic carbocycles. The molecule has 8 N–H and O–H groups in total. The van der Waals surface area contributed by atoms with Crippen molar-refractivity contribution in [3.63, 3.8) is 0 Å². The Kier molecular flexibility index (Phi) is 21.1. The number of aliphatic hydroxyl groups is 2. The highest BCUT2D eigenvalue weighted by molar-refractivity contribution is 5.95. The first-order chi connectivity index (χ1) is 35.6. The van der Waals surface area contributed by atoms with Crippen LogP contribution in [0.25, 0.3) is 0 Å². The first-order valence-electron chi connectivity index (χ1n) is 25.3. The van der Waals surface area contributed by atoms with Crippen LogP contribution in [0.4, 0.5) is 0 Å². The van der Waals surface area contributed by atoms with Crippen LogP contribution in [0.5, 0.6) is 0 Å². The number of carbonyl (C=O) groups is 6. The van der Waals surface area contributed by atoms with Gasteiger partial charge in [0.15, 0.2) is 23.8 Å². The Morgan fingerprint density at radius 3 is 1.28 bits per heavy atom. The fraction of sp³-hybridized carbons (Fsp3) is 0.414. The molecule has 6 rings (SSSR count). The highest BCUT2D eigenvalue weighted by Gasteiger charge is 2.45. The molecule has 0 saturated heterocycles. The minimum absolute atomic E-state index is 0.0971. The maximum atomic E-state index is 14.7. The number of aliphatic hydroxyl groups excluding tert-OH is 2. The van der Waals surface area contributed by atoms with Crippen molar-refractivity contribution < 1.29 is 57.9 Å². The Morgan fingerprint density at radius 2 is 0.919 bits per heavy atom. The third-order valence-corrected chi connectivity index (χ3v) is 14.1. The number of nitrogens with one attached hydrogen (secondary N) is 2. The minimum atomic E-state index is -2.11. The molecule has 0 aromatic heterocycles. The number of fused-ring (bicyclic) bond motifs is 2. The van der Waals surface area contributed by atoms with Gasteiger partial charge in [0, 0.05) is 0 Å². The molecule has 16 heteroatoms. The van der Waals surface area contributed by atoms with Crippen LogP contribution in [-0.2, 0) is 73.8 Å². The molecule has 0 bridgehead atoms. The number of hydrogen-bond donors (Lipinski definition) is 6. The second-order valence-electron chi connectivity index (χ2n) is 19.1. The highest BCUT2D eigenvalue weighted by Crippen LogP contribution is 2.39. The van der Waals surface area contributed by atoms with E-state index in [9.17, 15) is 39.0 Å². The molecule has 0 spiro atoms. The van der Waals surface area contributed by atoms with Crippen LogP contribution in [0.1, 0.15) is 86.0 Å². The molecule has 0 unspecified atom stereocenters. The number of ether oxygens (including phenoxy) is 4. The van der Waals surface area contributed by atoms with E-state index >= 15 is 0 Å². The van der Waals surface area contributed by atoms with E-state index in [1.54, 1.807) is 84.9 Å². The molecule has 12 atom stereocenters. The molecule has 0 radical (unpaired) electrons. The molecule has 0 saturated carbocycles. The molecule has 16 nitrogen and oxygen atoms in total. The summed E-state index contributed by atoms with van der Waals surface area (Å²) >= 11 is 0. The molecule has 0 aliphatic heterocycles. The van der Waals surface area contributed by atoms with Gasteiger partial charge in [-0.15, -0.1) is 0 Å². The maximum absolute atomic E-state index is 14.7. The number of carbonyl (C=O) groups excluding carboxylic acids is 6. The second-order valence-corrected chi connectivity index (χ2v) is 19.1. The van der Waals surface area contributed by atoms with Crippen molar-refractivity contribution >= 4 is 35.3 Å². The van der Waals surface area contributed by atoms with E-state index < -0.39 is 84.2 Å². The number of nitrogens with two attached hydrogens (primary N) is 2. The summed E-state index contributed by atoms with van der Waals surface area (Å²) in [4.78, 5) is 82.2. The number of amides is 2. The summed E-state index contributed by atoms with van der Waals surface area (Å²) in [6.07, 6.45) is -0.589. The Hall–Kier alpha value is -6.66. The topological polar surface area (TPSA) is 256 Å². The summed E-state index contributed by atoms with van der Waals surface area (Å²) in [6, 6.07) is 28.7. The number of ketones is 2. The smallest absolute Gasteiger partial charge is 0.323 e. The van der Waals surface area contributed by atoms with E-state index in [4.69, 9.17) is 30.4 Å². The summed E-state index contributed by atoms with van der Waals surface area (Å²) in [6.45, 7) is 6.74. The van der Waals surface area contributed by atoms with Crippen LogP contribution in [-0.4, -0.2) is 95.2 Å². The molecule has 2 aliphatic rings. The average Bonchev–Trinajstić information content (AvgIpc) is 3.98. The number of hydrogen-bond acceptors (Lipinski definition) is 14. The number of allylic oxidation sites excluding steroid dienone is 2. The van der Waals surface area contributed by atoms with E-state index in [0.717, 1.165) is 11.1 Å². The molecule has 0 heterocycles. The van der Waals surface area contributed by atoms with Gasteiger partial charge >= 0.3 is 11.9 Å². The first kappa shape index (κ1) is 56.6. The van der Waals surface area contributed by atoms with Gasteiger partial charge in [0.05, 0.1) is 37.1 Å². The molecular weight excluding hydrogens is 945 g/mol. The van der Waals surface area contributed by atoms with Crippen molar-refractivity contribution in [1.82, 2.24) is 10.6 Å². The third kappa shape index (κ3) is 14.8. The van der Waals surface area contributed by atoms with Gasteiger partial charge in [0.2, 0.25) is 0 Å². The van der Waals surface area contributed by atoms with Crippen molar-refractivity contribution in [2.24, 2.45) is 35.1 Å². The lowest BCUT2D eigenvalue weighted by atomic mass is 9.93. The maximum Gasteiger partial charge on any atom is 0.323 e. The van der Waals surface area contributed by atoms with E-state index in [2.05, 4.69) is 10.6 Å². The predicted molar refractivity (Wildman–Crippen MR) is 276 cm³/mol. The van der Waals surface area contributed by atoms with E-state index in [-0.39, 0.29) is 62.7 Å². The molecule has 4 aromatic rings. The van der Waals surface area contributed by atoms with Crippen molar-refractivity contribution in [2.45, 2.75) is 115 Å². The largest absolute Gasteiger partial charge is 0.460 e. The molecular formula is C58H70N4O12. The van der Waals surface area contributed by atoms with Crippen LogP contribution in [0.3, 0.4) is 0 Å². The fourth-order valence-corrected chi connectivity index (χ4v) is 9.09. The summed E-state index contributed by atoms with van der Waals surface area (Å²) in [7, 11) is 0. The lowest BCUT2D eigenvalue weighted by Crippen LogP contribution is -2.57. The minimum Gasteiger partial charge on any atom is -0.460 e. The highest BCUT2D eigenvalue weighted by atomic mass is 16.5. The zero-order valence-electron chi connectivity index (χ0n) is 42.4. The Labute approximate surface area is 432 Å². The van der Waals surface area contributed by atoms with Gasteiger partial charge in [-0.2, -0.15) is 0 Å². The van der Waals surface area contributed by atoms with Crippen LogP contribution < -0.4 is 22.1 Å². The number of esters is 2. The van der Waals surface area contributed by atoms with Crippen LogP contribution in [0, 0.1) is 23.7 Å². The van der Waals surface area contributed by atoms with Crippen molar-refractivity contribution in [3.8, 4) is 0 Å². The zero-order valence-corrected chi connectivity index (χ0v) is 42.4. The fourth-order valence-electron chi connectivity index (χ4n) is 9.09. The van der Waals surface area contributed by atoms with E-state index in [0.29, 0.717) is 35.1 Å². The first-order valence-corrected chi connectivity index (χ1v) is 25.3. The van der Waals surface area contributed by atoms with Gasteiger partial charge in [-0.3, -0.25) is 28.8 Å². The normalized spacial score (nSPS) is 20.3. The SMILES string of the molecule is CC[C@H](C)[C@H](N)C(=O)OCC=CC(=O)[C@@H]1Cc2ccccc2[C@H]1NC(=O)[C@H](OCc1ccccc1)[C@H](O)[C@@H](O)[C@@H](OCc1ccccc1)C(=O)N[C@@H]1c2ccccc2C[C@H]1C(=O)C=CCOC(=O)[C@@H](N)[C@@H](C)CC. The van der Waals surface area contributed by atoms with Gasteiger partial charge in [0.1, 0.15) is 37.5 Å². The Bertz CT molecular complexity index is 2410. The van der Waals surface area contributed by atoms with E-state index in [1.807, 2.05) is 52.0 Å². The van der Waals surface area contributed by atoms with Crippen LogP contribution in [0.15, 0.2) is 133 Å². The summed E-state index contributed by atoms with van der Waals surface area (Å²) in [5.74, 6) is -5.52. The van der Waals surface area contributed by atoms with Gasteiger partial charge in [-0.05, 0) is 82.4 Å². The van der Waals surface area contributed by atoms with Gasteiger partial charge in [-0.25, -0.2) is 0 Å². The Morgan fingerprint density at radius 1 is 0.568 bits per heavy atom. The van der Waals surface area contributed by atoms with Gasteiger partial charge in [-0.1, -0.05) is 150 Å². The summed E-state index contributed by atoms with van der Waals surface area (Å²) < 4.78 is 23.0. The standard InChI is InChI=1S/C58H70N4O12/c1-5-35(3)47(59)57(69)71-29-17-27-45(63)43-31-39-23-13-15-25-41(39)49(43)61-55(67)53(73-33-37-19-9-7-10-20-37)51(65)52(66)54(74-34-38-21-11-8-12-22-38)56(68)62-50-42-26-16-14-24-40(42)32-44(50)46(64)28-18-30-72-58(70)48(60)36(4)6-2/h7-28,35-36,43-44,47-54,65-66H,5-6,29-34,59-60H2,1-4H3,(H,61,67)(H,62,68)/t35-,36-,43-,44-,47-,48-,49+,50+,51+,52+,53+,54+/m0/s1. The quantitative estimate of drug-likeness (QED) is 0.0339. The average molecular weight is 1020 g/mol.